The van der Waals surface area contributed by atoms with E-state index in [-0.39, 0.29) is 12.6 Å². The lowest BCUT2D eigenvalue weighted by Gasteiger charge is -2.15. The van der Waals surface area contributed by atoms with Gasteiger partial charge in [0.2, 0.25) is 0 Å². The predicted octanol–water partition coefficient (Wildman–Crippen LogP) is 1.97. The van der Waals surface area contributed by atoms with Gasteiger partial charge in [-0.15, -0.1) is 11.3 Å². The molecule has 18 heavy (non-hydrogen) atoms. The summed E-state index contributed by atoms with van der Waals surface area (Å²) in [7, 11) is 0. The van der Waals surface area contributed by atoms with Crippen LogP contribution in [0.25, 0.3) is 10.7 Å². The summed E-state index contributed by atoms with van der Waals surface area (Å²) < 4.78 is 2.14. The number of aliphatic hydroxyl groups excluding tert-OH is 1. The first-order valence-electron chi connectivity index (χ1n) is 6.24. The van der Waals surface area contributed by atoms with Crippen molar-refractivity contribution in [1.29, 1.82) is 0 Å². The maximum absolute atomic E-state index is 9.25. The quantitative estimate of drug-likeness (QED) is 0.805. The van der Waals surface area contributed by atoms with Crippen LogP contribution in [0.1, 0.15) is 13.3 Å². The number of imidazole rings is 1. The number of nitrogens with zero attached hydrogens (tertiary/aromatic N) is 2. The summed E-state index contributed by atoms with van der Waals surface area (Å²) in [6, 6.07) is 4.28. The smallest absolute Gasteiger partial charge is 0.149 e. The molecule has 1 atom stereocenters. The molecule has 0 bridgehead atoms. The topological polar surface area (TPSA) is 50.1 Å². The summed E-state index contributed by atoms with van der Waals surface area (Å²) in [5.74, 6) is 1.01. The fourth-order valence-corrected chi connectivity index (χ4v) is 2.70. The fraction of sp³-hybridized carbons (Fsp3) is 0.462. The van der Waals surface area contributed by atoms with Crippen LogP contribution in [0, 0.1) is 0 Å². The predicted molar refractivity (Wildman–Crippen MR) is 74.7 cm³/mol. The van der Waals surface area contributed by atoms with E-state index < -0.39 is 0 Å². The molecule has 1 unspecified atom stereocenters. The van der Waals surface area contributed by atoms with Crippen LogP contribution in [0.5, 0.6) is 0 Å². The van der Waals surface area contributed by atoms with Gasteiger partial charge in [0, 0.05) is 25.0 Å². The van der Waals surface area contributed by atoms with Gasteiger partial charge in [-0.3, -0.25) is 0 Å². The summed E-state index contributed by atoms with van der Waals surface area (Å²) in [5, 5.41) is 14.6. The van der Waals surface area contributed by atoms with Crippen LogP contribution in [0.15, 0.2) is 29.9 Å². The van der Waals surface area contributed by atoms with Crippen molar-refractivity contribution in [2.75, 3.05) is 13.2 Å². The van der Waals surface area contributed by atoms with E-state index in [0.29, 0.717) is 0 Å². The second-order valence-electron chi connectivity index (χ2n) is 4.15. The molecule has 2 aromatic rings. The van der Waals surface area contributed by atoms with Crippen molar-refractivity contribution in [3.05, 3.63) is 29.9 Å². The molecule has 0 saturated heterocycles. The van der Waals surface area contributed by atoms with E-state index in [1.807, 2.05) is 18.5 Å². The zero-order valence-corrected chi connectivity index (χ0v) is 11.4. The average molecular weight is 265 g/mol. The number of likely N-dealkylation sites (N-methyl/N-ethyl adjacent to an activating group) is 1. The van der Waals surface area contributed by atoms with Crippen LogP contribution < -0.4 is 5.32 Å². The molecule has 2 heterocycles. The maximum Gasteiger partial charge on any atom is 0.149 e. The highest BCUT2D eigenvalue weighted by molar-refractivity contribution is 7.13. The molecular formula is C13H19N3OS. The van der Waals surface area contributed by atoms with Crippen molar-refractivity contribution in [3.63, 3.8) is 0 Å². The molecule has 0 aliphatic carbocycles. The fourth-order valence-electron chi connectivity index (χ4n) is 1.96. The highest BCUT2D eigenvalue weighted by atomic mass is 32.1. The van der Waals surface area contributed by atoms with Gasteiger partial charge in [-0.25, -0.2) is 4.98 Å². The van der Waals surface area contributed by atoms with Crippen LogP contribution in [0.4, 0.5) is 0 Å². The average Bonchev–Trinajstić information content (AvgIpc) is 3.04. The van der Waals surface area contributed by atoms with E-state index in [1.54, 1.807) is 11.3 Å². The minimum Gasteiger partial charge on any atom is -0.395 e. The van der Waals surface area contributed by atoms with Crippen molar-refractivity contribution >= 4 is 11.3 Å². The largest absolute Gasteiger partial charge is 0.395 e. The van der Waals surface area contributed by atoms with E-state index in [9.17, 15) is 5.11 Å². The summed E-state index contributed by atoms with van der Waals surface area (Å²) in [5.41, 5.74) is 0. The van der Waals surface area contributed by atoms with E-state index in [4.69, 9.17) is 0 Å². The Morgan fingerprint density at radius 1 is 1.56 bits per heavy atom. The minimum atomic E-state index is 0.161. The van der Waals surface area contributed by atoms with Gasteiger partial charge in [-0.2, -0.15) is 0 Å². The van der Waals surface area contributed by atoms with Crippen molar-refractivity contribution in [2.45, 2.75) is 25.9 Å². The van der Waals surface area contributed by atoms with Crippen LogP contribution in [-0.2, 0) is 6.54 Å². The molecule has 0 aliphatic heterocycles. The van der Waals surface area contributed by atoms with E-state index in [1.165, 1.54) is 4.88 Å². The van der Waals surface area contributed by atoms with Crippen LogP contribution >= 0.6 is 11.3 Å². The Morgan fingerprint density at radius 2 is 2.44 bits per heavy atom. The van der Waals surface area contributed by atoms with E-state index in [0.717, 1.165) is 25.3 Å². The SMILES string of the molecule is CCNC(CO)CCn1ccnc1-c1cccs1. The first-order valence-corrected chi connectivity index (χ1v) is 7.12. The minimum absolute atomic E-state index is 0.161. The molecule has 0 amide bonds. The van der Waals surface area contributed by atoms with Crippen molar-refractivity contribution in [2.24, 2.45) is 0 Å². The van der Waals surface area contributed by atoms with Gasteiger partial charge in [0.15, 0.2) is 0 Å². The molecule has 2 aromatic heterocycles. The van der Waals surface area contributed by atoms with Gasteiger partial charge in [-0.05, 0) is 24.4 Å². The Labute approximate surface area is 111 Å². The first-order chi connectivity index (χ1) is 8.85. The zero-order chi connectivity index (χ0) is 12.8. The molecule has 4 nitrogen and oxygen atoms in total. The summed E-state index contributed by atoms with van der Waals surface area (Å²) in [6.45, 7) is 3.98. The monoisotopic (exact) mass is 265 g/mol. The molecular weight excluding hydrogens is 246 g/mol. The molecule has 0 radical (unpaired) electrons. The number of hydrogen-bond donors (Lipinski definition) is 2. The molecule has 5 heteroatoms. The second-order valence-corrected chi connectivity index (χ2v) is 5.10. The Balaban J connectivity index is 2.00. The van der Waals surface area contributed by atoms with Crippen molar-refractivity contribution in [1.82, 2.24) is 14.9 Å². The first kappa shape index (κ1) is 13.3. The lowest BCUT2D eigenvalue weighted by molar-refractivity contribution is 0.233. The number of thiophene rings is 1. The molecule has 0 saturated carbocycles. The molecule has 2 rings (SSSR count). The number of aliphatic hydroxyl groups is 1. The molecule has 0 aliphatic rings. The zero-order valence-electron chi connectivity index (χ0n) is 10.5. The molecule has 0 spiro atoms. The van der Waals surface area contributed by atoms with Gasteiger partial charge in [0.25, 0.3) is 0 Å². The van der Waals surface area contributed by atoms with Gasteiger partial charge >= 0.3 is 0 Å². The van der Waals surface area contributed by atoms with Gasteiger partial charge in [0.1, 0.15) is 5.82 Å². The van der Waals surface area contributed by atoms with Crippen LogP contribution in [0.2, 0.25) is 0 Å². The summed E-state index contributed by atoms with van der Waals surface area (Å²) >= 11 is 1.70. The number of aryl methyl sites for hydroxylation is 1. The number of aromatic nitrogens is 2. The molecule has 98 valence electrons. The van der Waals surface area contributed by atoms with Crippen molar-refractivity contribution in [3.8, 4) is 10.7 Å². The van der Waals surface area contributed by atoms with Crippen LogP contribution in [0.3, 0.4) is 0 Å². The third-order valence-corrected chi connectivity index (χ3v) is 3.75. The van der Waals surface area contributed by atoms with Crippen molar-refractivity contribution < 1.29 is 5.11 Å². The Hall–Kier alpha value is -1.17. The molecule has 0 fully saturated rings. The van der Waals surface area contributed by atoms with Gasteiger partial charge in [-0.1, -0.05) is 13.0 Å². The Morgan fingerprint density at radius 3 is 3.11 bits per heavy atom. The lowest BCUT2D eigenvalue weighted by Crippen LogP contribution is -2.33. The van der Waals surface area contributed by atoms with Gasteiger partial charge < -0.3 is 15.0 Å². The Kier molecular flexibility index (Phi) is 4.92. The highest BCUT2D eigenvalue weighted by Gasteiger charge is 2.09. The number of hydrogen-bond acceptors (Lipinski definition) is 4. The molecule has 0 aromatic carbocycles. The maximum atomic E-state index is 9.25. The standard InChI is InChI=1S/C13H19N3OS/c1-2-14-11(10-17)5-7-16-8-6-15-13(16)12-4-3-9-18-12/h3-4,6,8-9,11,14,17H,2,5,7,10H2,1H3. The second kappa shape index (κ2) is 6.68. The third kappa shape index (κ3) is 3.19. The van der Waals surface area contributed by atoms with Gasteiger partial charge in [0.05, 0.1) is 11.5 Å². The normalized spacial score (nSPS) is 12.8. The lowest BCUT2D eigenvalue weighted by atomic mass is 10.2. The van der Waals surface area contributed by atoms with E-state index in [2.05, 4.69) is 33.2 Å². The summed E-state index contributed by atoms with van der Waals surface area (Å²) in [4.78, 5) is 5.58. The van der Waals surface area contributed by atoms with Crippen LogP contribution in [-0.4, -0.2) is 33.9 Å². The Bertz CT molecular complexity index is 453. The highest BCUT2D eigenvalue weighted by Crippen LogP contribution is 2.23. The number of rotatable bonds is 7. The number of nitrogens with one attached hydrogen (secondary N) is 1. The molecule has 2 N–H and O–H groups in total. The third-order valence-electron chi connectivity index (χ3n) is 2.89. The summed E-state index contributed by atoms with van der Waals surface area (Å²) in [6.07, 6.45) is 4.73. The van der Waals surface area contributed by atoms with E-state index >= 15 is 0 Å².